The summed E-state index contributed by atoms with van der Waals surface area (Å²) in [6.07, 6.45) is -0.0332. The quantitative estimate of drug-likeness (QED) is 0.681. The van der Waals surface area contributed by atoms with E-state index in [4.69, 9.17) is 14.6 Å². The lowest BCUT2D eigenvalue weighted by atomic mass is 10.1. The Morgan fingerprint density at radius 1 is 1.14 bits per heavy atom. The van der Waals surface area contributed by atoms with E-state index in [-0.39, 0.29) is 18.7 Å². The Balaban J connectivity index is 3.10. The van der Waals surface area contributed by atoms with Gasteiger partial charge in [-0.15, -0.1) is 0 Å². The molecule has 6 nitrogen and oxygen atoms in total. The minimum Gasteiger partial charge on any atom is -0.490 e. The van der Waals surface area contributed by atoms with E-state index in [1.165, 1.54) is 6.92 Å². The van der Waals surface area contributed by atoms with Crippen LogP contribution in [0.5, 0.6) is 11.5 Å². The van der Waals surface area contributed by atoms with Crippen LogP contribution >= 0.6 is 0 Å². The van der Waals surface area contributed by atoms with Crippen molar-refractivity contribution in [3.8, 4) is 11.5 Å². The molecule has 0 aromatic heterocycles. The van der Waals surface area contributed by atoms with Gasteiger partial charge in [0.05, 0.1) is 19.6 Å². The first-order chi connectivity index (χ1) is 9.99. The predicted octanol–water partition coefficient (Wildman–Crippen LogP) is 2.57. The van der Waals surface area contributed by atoms with Crippen LogP contribution in [0, 0.1) is 0 Å². The van der Waals surface area contributed by atoms with Crippen molar-refractivity contribution in [1.82, 2.24) is 0 Å². The highest BCUT2D eigenvalue weighted by molar-refractivity contribution is 6.00. The number of carboxylic acids is 1. The van der Waals surface area contributed by atoms with E-state index < -0.39 is 5.97 Å². The van der Waals surface area contributed by atoms with Crippen molar-refractivity contribution in [3.05, 3.63) is 17.7 Å². The number of aliphatic carboxylic acids is 1. The fraction of sp³-hybridized carbons (Fsp3) is 0.467. The molecule has 0 aliphatic heterocycles. The Bertz CT molecular complexity index is 513. The molecule has 0 bridgehead atoms. The van der Waals surface area contributed by atoms with Crippen molar-refractivity contribution in [3.63, 3.8) is 0 Å². The van der Waals surface area contributed by atoms with Gasteiger partial charge in [0.1, 0.15) is 0 Å². The van der Waals surface area contributed by atoms with Crippen molar-refractivity contribution in [2.75, 3.05) is 25.1 Å². The Morgan fingerprint density at radius 2 is 1.71 bits per heavy atom. The van der Waals surface area contributed by atoms with E-state index in [9.17, 15) is 9.59 Å². The molecule has 6 heteroatoms. The summed E-state index contributed by atoms with van der Waals surface area (Å²) < 4.78 is 11.0. The van der Waals surface area contributed by atoms with Gasteiger partial charge in [-0.3, -0.25) is 9.59 Å². The van der Waals surface area contributed by atoms with Gasteiger partial charge >= 0.3 is 5.97 Å². The van der Waals surface area contributed by atoms with Crippen LogP contribution in [0.1, 0.15) is 37.6 Å². The number of carboxylic acid groups (broad SMARTS) is 1. The molecule has 0 heterocycles. The second kappa shape index (κ2) is 8.14. The largest absolute Gasteiger partial charge is 0.490 e. The number of carbonyl (C=O) groups is 2. The highest BCUT2D eigenvalue weighted by Gasteiger charge is 2.15. The number of Topliss-reactive ketones (excluding diaryl/α,β-unsaturated/α-hetero) is 1. The Hall–Kier alpha value is -2.24. The average molecular weight is 295 g/mol. The maximum absolute atomic E-state index is 11.7. The molecule has 0 saturated heterocycles. The number of carbonyl (C=O) groups excluding carboxylic acids is 1. The van der Waals surface area contributed by atoms with E-state index >= 15 is 0 Å². The van der Waals surface area contributed by atoms with E-state index in [0.29, 0.717) is 36.0 Å². The number of nitrogens with one attached hydrogen (secondary N) is 1. The van der Waals surface area contributed by atoms with Gasteiger partial charge in [-0.25, -0.2) is 0 Å². The summed E-state index contributed by atoms with van der Waals surface area (Å²) in [7, 11) is 0. The third kappa shape index (κ3) is 4.98. The molecular weight excluding hydrogens is 274 g/mol. The molecular formula is C15H21NO5. The maximum atomic E-state index is 11.7. The first-order valence-corrected chi connectivity index (χ1v) is 6.89. The molecule has 116 valence electrons. The van der Waals surface area contributed by atoms with Gasteiger partial charge in [-0.1, -0.05) is 0 Å². The summed E-state index contributed by atoms with van der Waals surface area (Å²) in [4.78, 5) is 22.3. The average Bonchev–Trinajstić information content (AvgIpc) is 2.41. The zero-order valence-electron chi connectivity index (χ0n) is 12.6. The molecule has 0 aliphatic carbocycles. The zero-order valence-corrected chi connectivity index (χ0v) is 12.6. The van der Waals surface area contributed by atoms with Crippen LogP contribution < -0.4 is 14.8 Å². The topological polar surface area (TPSA) is 84.9 Å². The van der Waals surface area contributed by atoms with Gasteiger partial charge in [0.2, 0.25) is 0 Å². The highest BCUT2D eigenvalue weighted by atomic mass is 16.5. The van der Waals surface area contributed by atoms with Crippen LogP contribution in [-0.4, -0.2) is 36.6 Å². The fourth-order valence-corrected chi connectivity index (χ4v) is 1.84. The number of benzene rings is 1. The summed E-state index contributed by atoms with van der Waals surface area (Å²) in [5, 5.41) is 11.6. The molecule has 0 aliphatic rings. The van der Waals surface area contributed by atoms with Gasteiger partial charge < -0.3 is 19.9 Å². The van der Waals surface area contributed by atoms with Gasteiger partial charge in [0.25, 0.3) is 0 Å². The lowest BCUT2D eigenvalue weighted by Gasteiger charge is -2.16. The highest BCUT2D eigenvalue weighted by Crippen LogP contribution is 2.34. The van der Waals surface area contributed by atoms with Crippen molar-refractivity contribution >= 4 is 17.4 Å². The zero-order chi connectivity index (χ0) is 15.8. The molecule has 0 saturated carbocycles. The number of anilines is 1. The molecule has 2 N–H and O–H groups in total. The lowest BCUT2D eigenvalue weighted by molar-refractivity contribution is -0.136. The molecule has 0 unspecified atom stereocenters. The minimum atomic E-state index is -0.900. The van der Waals surface area contributed by atoms with Gasteiger partial charge in [-0.2, -0.15) is 0 Å². The number of rotatable bonds is 9. The molecule has 1 rings (SSSR count). The second-order valence-electron chi connectivity index (χ2n) is 4.34. The van der Waals surface area contributed by atoms with Gasteiger partial charge in [-0.05, 0) is 26.8 Å². The van der Waals surface area contributed by atoms with E-state index in [2.05, 4.69) is 5.32 Å². The summed E-state index contributed by atoms with van der Waals surface area (Å²) >= 11 is 0. The van der Waals surface area contributed by atoms with Crippen LogP contribution in [0.2, 0.25) is 0 Å². The van der Waals surface area contributed by atoms with E-state index in [0.717, 1.165) is 0 Å². The van der Waals surface area contributed by atoms with Gasteiger partial charge in [0.15, 0.2) is 17.3 Å². The van der Waals surface area contributed by atoms with Crippen LogP contribution in [0.3, 0.4) is 0 Å². The molecule has 0 radical (unpaired) electrons. The Kier molecular flexibility index (Phi) is 6.52. The smallest absolute Gasteiger partial charge is 0.305 e. The third-order valence-corrected chi connectivity index (χ3v) is 2.72. The summed E-state index contributed by atoms with van der Waals surface area (Å²) in [5.41, 5.74) is 1.00. The molecule has 21 heavy (non-hydrogen) atoms. The Morgan fingerprint density at radius 3 is 2.19 bits per heavy atom. The SMILES string of the molecule is CCOc1cc(NCCC(=O)O)c(C(C)=O)cc1OCC. The second-order valence-corrected chi connectivity index (χ2v) is 4.34. The van der Waals surface area contributed by atoms with E-state index in [1.54, 1.807) is 12.1 Å². The van der Waals surface area contributed by atoms with Crippen molar-refractivity contribution in [2.45, 2.75) is 27.2 Å². The summed E-state index contributed by atoms with van der Waals surface area (Å²) in [6, 6.07) is 3.30. The van der Waals surface area contributed by atoms with Crippen molar-refractivity contribution in [2.24, 2.45) is 0 Å². The fourth-order valence-electron chi connectivity index (χ4n) is 1.84. The normalized spacial score (nSPS) is 10.0. The summed E-state index contributed by atoms with van der Waals surface area (Å²) in [5.74, 6) is 0.00943. The van der Waals surface area contributed by atoms with Crippen LogP contribution in [0.25, 0.3) is 0 Å². The standard InChI is InChI=1S/C15H21NO5/c1-4-20-13-8-11(10(3)17)12(9-14(13)21-5-2)16-7-6-15(18)19/h8-9,16H,4-7H2,1-3H3,(H,18,19). The van der Waals surface area contributed by atoms with Gasteiger partial charge in [0, 0.05) is 23.9 Å². The third-order valence-electron chi connectivity index (χ3n) is 2.72. The minimum absolute atomic E-state index is 0.0332. The molecule has 0 atom stereocenters. The van der Waals surface area contributed by atoms with Crippen molar-refractivity contribution in [1.29, 1.82) is 0 Å². The molecule has 1 aromatic rings. The molecule has 0 spiro atoms. The lowest BCUT2D eigenvalue weighted by Crippen LogP contribution is -2.11. The first-order valence-electron chi connectivity index (χ1n) is 6.89. The predicted molar refractivity (Wildman–Crippen MR) is 79.5 cm³/mol. The number of hydrogen-bond acceptors (Lipinski definition) is 5. The molecule has 1 aromatic carbocycles. The van der Waals surface area contributed by atoms with Crippen LogP contribution in [0.4, 0.5) is 5.69 Å². The monoisotopic (exact) mass is 295 g/mol. The maximum Gasteiger partial charge on any atom is 0.305 e. The Labute approximate surface area is 124 Å². The van der Waals surface area contributed by atoms with Crippen LogP contribution in [-0.2, 0) is 4.79 Å². The number of ether oxygens (including phenoxy) is 2. The van der Waals surface area contributed by atoms with Crippen LogP contribution in [0.15, 0.2) is 12.1 Å². The number of hydrogen-bond donors (Lipinski definition) is 2. The molecule has 0 amide bonds. The summed E-state index contributed by atoms with van der Waals surface area (Å²) in [6.45, 7) is 6.31. The van der Waals surface area contributed by atoms with E-state index in [1.807, 2.05) is 13.8 Å². The first kappa shape index (κ1) is 16.8. The number of ketones is 1. The molecule has 0 fully saturated rings. The van der Waals surface area contributed by atoms with Crippen molar-refractivity contribution < 1.29 is 24.2 Å².